The summed E-state index contributed by atoms with van der Waals surface area (Å²) in [7, 11) is 0. The molecule has 9 heteroatoms. The molecular formula is C17H20NO6PS. The molecule has 3 N–H and O–H groups in total. The molecule has 0 radical (unpaired) electrons. The van der Waals surface area contributed by atoms with E-state index >= 15 is 0 Å². The van der Waals surface area contributed by atoms with Crippen LogP contribution in [0.2, 0.25) is 0 Å². The number of rotatable bonds is 5. The standard InChI is InChI=1S/C17H17NO3.H3O3PS/c1-3-13-14(4-2)16(18(20)21)11-10-15(13)17(19)12-8-6-5-7-9-12;1-4(2,3)5/h5-11H,3-4H2,1-2H3;(H3,1,2,3,5). The zero-order valence-electron chi connectivity index (χ0n) is 14.3. The number of carbonyl (C=O) groups excluding carboxylic acids is 1. The number of hydrogen-bond acceptors (Lipinski definition) is 4. The van der Waals surface area contributed by atoms with E-state index in [2.05, 4.69) is 11.8 Å². The minimum atomic E-state index is -3.81. The second-order valence-electron chi connectivity index (χ2n) is 5.26. The highest BCUT2D eigenvalue weighted by atomic mass is 32.5. The maximum atomic E-state index is 12.6. The number of carbonyl (C=O) groups is 1. The Kier molecular flexibility index (Phi) is 8.20. The molecule has 26 heavy (non-hydrogen) atoms. The minimum Gasteiger partial charge on any atom is -0.325 e. The fourth-order valence-electron chi connectivity index (χ4n) is 2.61. The van der Waals surface area contributed by atoms with Gasteiger partial charge in [-0.3, -0.25) is 14.9 Å². The van der Waals surface area contributed by atoms with Crippen molar-refractivity contribution in [2.75, 3.05) is 0 Å². The van der Waals surface area contributed by atoms with Crippen LogP contribution in [-0.4, -0.2) is 25.4 Å². The van der Waals surface area contributed by atoms with E-state index in [1.165, 1.54) is 6.07 Å². The molecule has 0 aromatic heterocycles. The van der Waals surface area contributed by atoms with E-state index < -0.39 is 6.72 Å². The average molecular weight is 397 g/mol. The van der Waals surface area contributed by atoms with Gasteiger partial charge in [-0.2, -0.15) is 0 Å². The Morgan fingerprint density at radius 2 is 1.54 bits per heavy atom. The SMILES string of the molecule is CCc1c(C(=O)c2ccccc2)ccc([N+](=O)[O-])c1CC.OP(O)(O)=S. The van der Waals surface area contributed by atoms with Gasteiger partial charge < -0.3 is 14.7 Å². The van der Waals surface area contributed by atoms with Gasteiger partial charge in [0.2, 0.25) is 0 Å². The highest BCUT2D eigenvalue weighted by Crippen LogP contribution is 2.28. The van der Waals surface area contributed by atoms with Crippen molar-refractivity contribution in [1.82, 2.24) is 0 Å². The predicted octanol–water partition coefficient (Wildman–Crippen LogP) is 3.14. The Morgan fingerprint density at radius 1 is 1.04 bits per heavy atom. The third-order valence-corrected chi connectivity index (χ3v) is 3.59. The predicted molar refractivity (Wildman–Crippen MR) is 103 cm³/mol. The molecule has 0 aliphatic heterocycles. The van der Waals surface area contributed by atoms with Gasteiger partial charge in [-0.25, -0.2) is 0 Å². The van der Waals surface area contributed by atoms with Crippen molar-refractivity contribution in [3.8, 4) is 0 Å². The lowest BCUT2D eigenvalue weighted by molar-refractivity contribution is -0.385. The molecule has 0 aliphatic rings. The molecule has 0 unspecified atom stereocenters. The van der Waals surface area contributed by atoms with Crippen LogP contribution in [0.1, 0.15) is 40.9 Å². The number of nitro benzene ring substituents is 1. The van der Waals surface area contributed by atoms with Crippen molar-refractivity contribution in [2.45, 2.75) is 26.7 Å². The molecule has 0 saturated heterocycles. The summed E-state index contributed by atoms with van der Waals surface area (Å²) in [5.74, 6) is -0.0861. The van der Waals surface area contributed by atoms with E-state index in [4.69, 9.17) is 14.7 Å². The van der Waals surface area contributed by atoms with Crippen LogP contribution in [0.25, 0.3) is 0 Å². The number of benzene rings is 2. The Hall–Kier alpha value is -1.96. The molecular weight excluding hydrogens is 377 g/mol. The molecule has 140 valence electrons. The van der Waals surface area contributed by atoms with Crippen LogP contribution >= 0.6 is 6.72 Å². The van der Waals surface area contributed by atoms with E-state index in [1.54, 1.807) is 18.2 Å². The van der Waals surface area contributed by atoms with Crippen LogP contribution in [0.4, 0.5) is 5.69 Å². The van der Waals surface area contributed by atoms with Crippen LogP contribution in [0.5, 0.6) is 0 Å². The zero-order valence-corrected chi connectivity index (χ0v) is 16.0. The summed E-state index contributed by atoms with van der Waals surface area (Å²) < 4.78 is 0. The third kappa shape index (κ3) is 6.40. The Balaban J connectivity index is 0.000000597. The van der Waals surface area contributed by atoms with Crippen LogP contribution in [-0.2, 0) is 24.6 Å². The highest BCUT2D eigenvalue weighted by molar-refractivity contribution is 8.06. The maximum Gasteiger partial charge on any atom is 0.319 e. The van der Waals surface area contributed by atoms with Crippen molar-refractivity contribution < 1.29 is 24.4 Å². The van der Waals surface area contributed by atoms with Gasteiger partial charge in [0.25, 0.3) is 5.69 Å². The Bertz CT molecular complexity index is 826. The summed E-state index contributed by atoms with van der Waals surface area (Å²) in [6.45, 7) is -0.0156. The molecule has 0 aliphatic carbocycles. The first-order valence-corrected chi connectivity index (χ1v) is 10.4. The largest absolute Gasteiger partial charge is 0.325 e. The minimum absolute atomic E-state index is 0.0861. The number of hydrogen-bond donors (Lipinski definition) is 3. The van der Waals surface area contributed by atoms with Gasteiger partial charge >= 0.3 is 6.72 Å². The molecule has 0 atom stereocenters. The zero-order chi connectivity index (χ0) is 19.9. The second kappa shape index (κ2) is 9.66. The lowest BCUT2D eigenvalue weighted by Crippen LogP contribution is -2.09. The number of nitrogens with zero attached hydrogens (tertiary/aromatic N) is 1. The van der Waals surface area contributed by atoms with E-state index in [-0.39, 0.29) is 16.4 Å². The van der Waals surface area contributed by atoms with E-state index in [1.807, 2.05) is 32.0 Å². The van der Waals surface area contributed by atoms with Crippen molar-refractivity contribution in [2.24, 2.45) is 0 Å². The van der Waals surface area contributed by atoms with E-state index in [0.29, 0.717) is 29.5 Å². The molecule has 2 aromatic carbocycles. The third-order valence-electron chi connectivity index (χ3n) is 3.59. The lowest BCUT2D eigenvalue weighted by Gasteiger charge is -2.12. The first-order valence-electron chi connectivity index (χ1n) is 7.77. The van der Waals surface area contributed by atoms with Gasteiger partial charge in [-0.15, -0.1) is 0 Å². The molecule has 0 spiro atoms. The fourth-order valence-corrected chi connectivity index (χ4v) is 2.61. The van der Waals surface area contributed by atoms with Gasteiger partial charge in [0.1, 0.15) is 0 Å². The Morgan fingerprint density at radius 3 is 1.96 bits per heavy atom. The van der Waals surface area contributed by atoms with Crippen LogP contribution in [0, 0.1) is 10.1 Å². The first kappa shape index (κ1) is 22.1. The average Bonchev–Trinajstić information content (AvgIpc) is 2.58. The van der Waals surface area contributed by atoms with Crippen molar-refractivity contribution in [3.05, 3.63) is 74.8 Å². The molecule has 2 aromatic rings. The second-order valence-corrected chi connectivity index (χ2v) is 7.76. The van der Waals surface area contributed by atoms with Gasteiger partial charge in [0.05, 0.1) is 4.92 Å². The summed E-state index contributed by atoms with van der Waals surface area (Å²) in [6, 6.07) is 12.0. The first-order chi connectivity index (χ1) is 12.1. The monoisotopic (exact) mass is 397 g/mol. The summed E-state index contributed by atoms with van der Waals surface area (Å²) in [4.78, 5) is 46.0. The number of ketones is 1. The summed E-state index contributed by atoms with van der Waals surface area (Å²) in [6.07, 6.45) is 1.13. The molecule has 2 rings (SSSR count). The van der Waals surface area contributed by atoms with Crippen molar-refractivity contribution >= 4 is 30.0 Å². The molecule has 0 heterocycles. The smallest absolute Gasteiger partial charge is 0.319 e. The van der Waals surface area contributed by atoms with Gasteiger partial charge in [-0.05, 0) is 36.3 Å². The molecule has 0 amide bonds. The molecule has 0 bridgehead atoms. The lowest BCUT2D eigenvalue weighted by atomic mass is 9.91. The summed E-state index contributed by atoms with van der Waals surface area (Å²) in [5.41, 5.74) is 2.69. The van der Waals surface area contributed by atoms with Crippen molar-refractivity contribution in [3.63, 3.8) is 0 Å². The molecule has 0 fully saturated rings. The van der Waals surface area contributed by atoms with Gasteiger partial charge in [0, 0.05) is 22.8 Å². The summed E-state index contributed by atoms with van der Waals surface area (Å²) in [5, 5.41) is 11.1. The van der Waals surface area contributed by atoms with Gasteiger partial charge in [-0.1, -0.05) is 44.2 Å². The molecule has 0 saturated carbocycles. The topological polar surface area (TPSA) is 121 Å². The van der Waals surface area contributed by atoms with Crippen LogP contribution in [0.15, 0.2) is 42.5 Å². The normalized spacial score (nSPS) is 10.7. The van der Waals surface area contributed by atoms with Crippen LogP contribution < -0.4 is 0 Å². The maximum absolute atomic E-state index is 12.6. The quantitative estimate of drug-likeness (QED) is 0.307. The fraction of sp³-hybridized carbons (Fsp3) is 0.235. The van der Waals surface area contributed by atoms with Crippen LogP contribution in [0.3, 0.4) is 0 Å². The Labute approximate surface area is 156 Å². The van der Waals surface area contributed by atoms with Gasteiger partial charge in [0.15, 0.2) is 5.78 Å². The van der Waals surface area contributed by atoms with E-state index in [9.17, 15) is 14.9 Å². The molecule has 7 nitrogen and oxygen atoms in total. The number of nitro groups is 1. The summed E-state index contributed by atoms with van der Waals surface area (Å²) >= 11 is 3.60. The van der Waals surface area contributed by atoms with Crippen molar-refractivity contribution in [1.29, 1.82) is 0 Å². The highest BCUT2D eigenvalue weighted by Gasteiger charge is 2.22. The van der Waals surface area contributed by atoms with E-state index in [0.717, 1.165) is 5.56 Å².